The summed E-state index contributed by atoms with van der Waals surface area (Å²) in [6, 6.07) is 0.450. The summed E-state index contributed by atoms with van der Waals surface area (Å²) >= 11 is 0. The van der Waals surface area contributed by atoms with Gasteiger partial charge in [-0.2, -0.15) is 0 Å². The van der Waals surface area contributed by atoms with E-state index in [9.17, 15) is 5.11 Å². The lowest BCUT2D eigenvalue weighted by Crippen LogP contribution is -2.49. The van der Waals surface area contributed by atoms with Gasteiger partial charge in [-0.15, -0.1) is 0 Å². The number of hydrogen-bond acceptors (Lipinski definition) is 3. The number of fused-ring (bicyclic) bond motifs is 1. The smallest absolute Gasteiger partial charge is 0.0756 e. The van der Waals surface area contributed by atoms with Crippen molar-refractivity contribution in [3.8, 4) is 0 Å². The minimum atomic E-state index is -0.706. The molecule has 3 nitrogen and oxygen atoms in total. The zero-order valence-corrected chi connectivity index (χ0v) is 12.1. The maximum absolute atomic E-state index is 10.1. The Morgan fingerprint density at radius 3 is 2.61 bits per heavy atom. The molecule has 0 aromatic rings. The van der Waals surface area contributed by atoms with Crippen LogP contribution in [0.15, 0.2) is 0 Å². The highest BCUT2D eigenvalue weighted by Gasteiger charge is 2.34. The molecule has 4 unspecified atom stereocenters. The first-order valence-corrected chi connectivity index (χ1v) is 7.68. The van der Waals surface area contributed by atoms with Gasteiger partial charge in [0.2, 0.25) is 0 Å². The number of rotatable bonds is 4. The number of piperidine rings is 1. The molecule has 0 amide bonds. The quantitative estimate of drug-likeness (QED) is 0.806. The minimum absolute atomic E-state index is 0.358. The van der Waals surface area contributed by atoms with Crippen LogP contribution in [0.2, 0.25) is 0 Å². The largest absolute Gasteiger partial charge is 0.389 e. The Morgan fingerprint density at radius 2 is 1.94 bits per heavy atom. The van der Waals surface area contributed by atoms with Crippen molar-refractivity contribution in [3.63, 3.8) is 0 Å². The van der Waals surface area contributed by atoms with E-state index in [-0.39, 0.29) is 0 Å². The van der Waals surface area contributed by atoms with Crippen LogP contribution in [0.4, 0.5) is 0 Å². The van der Waals surface area contributed by atoms with Crippen LogP contribution in [-0.2, 0) is 0 Å². The van der Waals surface area contributed by atoms with E-state index in [0.29, 0.717) is 12.6 Å². The van der Waals surface area contributed by atoms with Gasteiger partial charge in [0.05, 0.1) is 5.60 Å². The first kappa shape index (κ1) is 14.3. The Bertz CT molecular complexity index is 267. The maximum atomic E-state index is 10.1. The topological polar surface area (TPSA) is 49.5 Å². The van der Waals surface area contributed by atoms with Crippen LogP contribution in [0.1, 0.15) is 52.4 Å². The van der Waals surface area contributed by atoms with Crippen molar-refractivity contribution in [1.29, 1.82) is 0 Å². The Morgan fingerprint density at radius 1 is 1.28 bits per heavy atom. The third-order valence-corrected chi connectivity index (χ3v) is 5.12. The number of likely N-dealkylation sites (tertiary alicyclic amines) is 1. The lowest BCUT2D eigenvalue weighted by atomic mass is 9.74. The zero-order chi connectivity index (χ0) is 13.2. The average Bonchev–Trinajstić information content (AvgIpc) is 2.37. The molecule has 3 heteroatoms. The second-order valence-corrected chi connectivity index (χ2v) is 6.84. The Hall–Kier alpha value is -0.120. The van der Waals surface area contributed by atoms with E-state index < -0.39 is 5.60 Å². The van der Waals surface area contributed by atoms with Crippen LogP contribution in [-0.4, -0.2) is 41.3 Å². The molecule has 0 spiro atoms. The van der Waals surface area contributed by atoms with Crippen LogP contribution >= 0.6 is 0 Å². The van der Waals surface area contributed by atoms with Gasteiger partial charge in [0.25, 0.3) is 0 Å². The van der Waals surface area contributed by atoms with Gasteiger partial charge in [0.15, 0.2) is 0 Å². The molecular formula is C15H30N2O. The highest BCUT2D eigenvalue weighted by Crippen LogP contribution is 2.37. The van der Waals surface area contributed by atoms with Gasteiger partial charge in [-0.1, -0.05) is 19.3 Å². The fraction of sp³-hybridized carbons (Fsp3) is 1.00. The van der Waals surface area contributed by atoms with Gasteiger partial charge in [0.1, 0.15) is 0 Å². The second-order valence-electron chi connectivity index (χ2n) is 6.84. The molecule has 2 aliphatic rings. The van der Waals surface area contributed by atoms with Crippen molar-refractivity contribution < 1.29 is 5.11 Å². The number of hydrogen-bond donors (Lipinski definition) is 2. The first-order chi connectivity index (χ1) is 8.52. The van der Waals surface area contributed by atoms with E-state index in [0.717, 1.165) is 18.3 Å². The second kappa shape index (κ2) is 5.89. The fourth-order valence-electron chi connectivity index (χ4n) is 3.88. The molecule has 4 atom stereocenters. The third-order valence-electron chi connectivity index (χ3n) is 5.12. The van der Waals surface area contributed by atoms with Gasteiger partial charge in [0, 0.05) is 19.1 Å². The molecule has 2 fully saturated rings. The Labute approximate surface area is 112 Å². The lowest BCUT2D eigenvalue weighted by Gasteiger charge is -2.44. The van der Waals surface area contributed by atoms with Crippen molar-refractivity contribution in [1.82, 2.24) is 4.90 Å². The van der Waals surface area contributed by atoms with Crippen LogP contribution in [0.5, 0.6) is 0 Å². The summed E-state index contributed by atoms with van der Waals surface area (Å²) in [5.74, 6) is 1.90. The molecule has 106 valence electrons. The summed E-state index contributed by atoms with van der Waals surface area (Å²) < 4.78 is 0. The van der Waals surface area contributed by atoms with E-state index in [4.69, 9.17) is 5.73 Å². The highest BCUT2D eigenvalue weighted by molar-refractivity contribution is 4.88. The third kappa shape index (κ3) is 3.46. The first-order valence-electron chi connectivity index (χ1n) is 7.68. The standard InChI is InChI=1S/C15H30N2O/c1-12(9-15(2,18)11-16)17-8-7-13-5-3-4-6-14(13)10-17/h12-14,18H,3-11,16H2,1-2H3. The maximum Gasteiger partial charge on any atom is 0.0756 e. The number of nitrogens with zero attached hydrogens (tertiary/aromatic N) is 1. The van der Waals surface area contributed by atoms with E-state index >= 15 is 0 Å². The molecular weight excluding hydrogens is 224 g/mol. The molecule has 3 N–H and O–H groups in total. The molecule has 1 aliphatic carbocycles. The average molecular weight is 254 g/mol. The summed E-state index contributed by atoms with van der Waals surface area (Å²) in [6.07, 6.45) is 7.89. The van der Waals surface area contributed by atoms with Crippen LogP contribution < -0.4 is 5.73 Å². The molecule has 2 rings (SSSR count). The summed E-state index contributed by atoms with van der Waals surface area (Å²) in [7, 11) is 0. The molecule has 1 saturated heterocycles. The van der Waals surface area contributed by atoms with Crippen molar-refractivity contribution in [2.75, 3.05) is 19.6 Å². The predicted octanol–water partition coefficient (Wildman–Crippen LogP) is 1.99. The molecule has 1 heterocycles. The van der Waals surface area contributed by atoms with E-state index in [1.165, 1.54) is 45.2 Å². The molecule has 1 aliphatic heterocycles. The van der Waals surface area contributed by atoms with E-state index in [1.54, 1.807) is 0 Å². The summed E-state index contributed by atoms with van der Waals surface area (Å²) in [6.45, 7) is 6.91. The van der Waals surface area contributed by atoms with Crippen molar-refractivity contribution in [2.45, 2.75) is 64.0 Å². The molecule has 0 radical (unpaired) electrons. The molecule has 1 saturated carbocycles. The van der Waals surface area contributed by atoms with Crippen molar-refractivity contribution >= 4 is 0 Å². The lowest BCUT2D eigenvalue weighted by molar-refractivity contribution is 0.00413. The molecule has 18 heavy (non-hydrogen) atoms. The zero-order valence-electron chi connectivity index (χ0n) is 12.1. The van der Waals surface area contributed by atoms with Crippen molar-refractivity contribution in [2.24, 2.45) is 17.6 Å². The van der Waals surface area contributed by atoms with Gasteiger partial charge in [-0.05, 0) is 51.5 Å². The molecule has 0 aromatic heterocycles. The van der Waals surface area contributed by atoms with Crippen LogP contribution in [0.25, 0.3) is 0 Å². The van der Waals surface area contributed by atoms with E-state index in [1.807, 2.05) is 6.92 Å². The molecule has 0 bridgehead atoms. The van der Waals surface area contributed by atoms with Crippen LogP contribution in [0.3, 0.4) is 0 Å². The highest BCUT2D eigenvalue weighted by atomic mass is 16.3. The van der Waals surface area contributed by atoms with Gasteiger partial charge in [-0.25, -0.2) is 0 Å². The fourth-order valence-corrected chi connectivity index (χ4v) is 3.88. The predicted molar refractivity (Wildman–Crippen MR) is 75.4 cm³/mol. The van der Waals surface area contributed by atoms with Gasteiger partial charge >= 0.3 is 0 Å². The monoisotopic (exact) mass is 254 g/mol. The summed E-state index contributed by atoms with van der Waals surface area (Å²) in [5, 5.41) is 10.1. The van der Waals surface area contributed by atoms with Gasteiger partial charge < -0.3 is 15.7 Å². The van der Waals surface area contributed by atoms with Crippen molar-refractivity contribution in [3.05, 3.63) is 0 Å². The SMILES string of the molecule is CC(CC(C)(O)CN)N1CCC2CCCCC2C1. The Balaban J connectivity index is 1.86. The minimum Gasteiger partial charge on any atom is -0.389 e. The van der Waals surface area contributed by atoms with Crippen LogP contribution in [0, 0.1) is 11.8 Å². The molecule has 0 aromatic carbocycles. The number of aliphatic hydroxyl groups is 1. The summed E-state index contributed by atoms with van der Waals surface area (Å²) in [4.78, 5) is 2.58. The Kier molecular flexibility index (Phi) is 4.68. The number of nitrogens with two attached hydrogens (primary N) is 1. The summed E-state index contributed by atoms with van der Waals surface area (Å²) in [5.41, 5.74) is 4.92. The van der Waals surface area contributed by atoms with Gasteiger partial charge in [-0.3, -0.25) is 0 Å². The van der Waals surface area contributed by atoms with E-state index in [2.05, 4.69) is 11.8 Å². The normalized spacial score (nSPS) is 34.7.